The first-order valence-electron chi connectivity index (χ1n) is 8.37. The van der Waals surface area contributed by atoms with E-state index in [0.717, 1.165) is 29.7 Å². The van der Waals surface area contributed by atoms with Crippen molar-refractivity contribution in [1.29, 1.82) is 0 Å². The van der Waals surface area contributed by atoms with Crippen LogP contribution < -0.4 is 4.90 Å². The molecule has 7 heteroatoms. The van der Waals surface area contributed by atoms with Gasteiger partial charge in [-0.2, -0.15) is 5.10 Å². The number of halogens is 1. The number of ether oxygens (including phenoxy) is 1. The lowest BCUT2D eigenvalue weighted by Gasteiger charge is -2.30. The van der Waals surface area contributed by atoms with Gasteiger partial charge in [-0.25, -0.2) is 9.97 Å². The first-order valence-corrected chi connectivity index (χ1v) is 8.74. The van der Waals surface area contributed by atoms with Crippen LogP contribution in [-0.4, -0.2) is 46.1 Å². The van der Waals surface area contributed by atoms with E-state index in [1.165, 1.54) is 0 Å². The number of hydrogen-bond acceptors (Lipinski definition) is 5. The Labute approximate surface area is 151 Å². The molecule has 0 spiro atoms. The Hall–Kier alpha value is -2.18. The van der Waals surface area contributed by atoms with Crippen LogP contribution in [0.5, 0.6) is 0 Å². The molecule has 25 heavy (non-hydrogen) atoms. The summed E-state index contributed by atoms with van der Waals surface area (Å²) >= 11 is 6.32. The van der Waals surface area contributed by atoms with Crippen LogP contribution in [-0.2, 0) is 10.3 Å². The van der Waals surface area contributed by atoms with Crippen LogP contribution in [0.25, 0.3) is 10.9 Å². The standard InChI is InChI=1S/C18H20ClN5O/c1-18(2,24-14-6-4-3-5-13(14)12-20-24)15-11-16(19)22-17(21-15)23-7-9-25-10-8-23/h3-6,11-12H,7-10H2,1-2H3. The van der Waals surface area contributed by atoms with Crippen molar-refractivity contribution >= 4 is 28.5 Å². The van der Waals surface area contributed by atoms with E-state index in [1.807, 2.05) is 29.1 Å². The maximum absolute atomic E-state index is 6.32. The summed E-state index contributed by atoms with van der Waals surface area (Å²) in [5, 5.41) is 6.14. The van der Waals surface area contributed by atoms with Gasteiger partial charge in [-0.3, -0.25) is 4.68 Å². The van der Waals surface area contributed by atoms with Gasteiger partial charge in [0.1, 0.15) is 5.15 Å². The second-order valence-corrected chi connectivity index (χ2v) is 7.04. The average molecular weight is 358 g/mol. The number of anilines is 1. The SMILES string of the molecule is CC(C)(c1cc(Cl)nc(N2CCOCC2)n1)n1ncc2ccccc21. The molecule has 4 rings (SSSR count). The van der Waals surface area contributed by atoms with E-state index in [1.54, 1.807) is 0 Å². The highest BCUT2D eigenvalue weighted by Crippen LogP contribution is 2.30. The van der Waals surface area contributed by atoms with Crippen LogP contribution >= 0.6 is 11.6 Å². The van der Waals surface area contributed by atoms with Crippen molar-refractivity contribution in [2.45, 2.75) is 19.4 Å². The number of para-hydroxylation sites is 1. The molecule has 1 aliphatic rings. The van der Waals surface area contributed by atoms with Crippen molar-refractivity contribution in [1.82, 2.24) is 19.7 Å². The lowest BCUT2D eigenvalue weighted by atomic mass is 10.00. The van der Waals surface area contributed by atoms with Gasteiger partial charge < -0.3 is 9.64 Å². The zero-order chi connectivity index (χ0) is 17.4. The quantitative estimate of drug-likeness (QED) is 0.674. The van der Waals surface area contributed by atoms with Gasteiger partial charge in [-0.05, 0) is 26.0 Å². The van der Waals surface area contributed by atoms with Crippen molar-refractivity contribution < 1.29 is 4.74 Å². The lowest BCUT2D eigenvalue weighted by Crippen LogP contribution is -2.38. The molecule has 3 aromatic rings. The molecule has 6 nitrogen and oxygen atoms in total. The highest BCUT2D eigenvalue weighted by Gasteiger charge is 2.29. The molecule has 0 aliphatic carbocycles. The molecule has 1 fully saturated rings. The van der Waals surface area contributed by atoms with Crippen LogP contribution in [0.15, 0.2) is 36.5 Å². The Kier molecular flexibility index (Phi) is 4.09. The minimum absolute atomic E-state index is 0.441. The number of hydrogen-bond donors (Lipinski definition) is 0. The monoisotopic (exact) mass is 357 g/mol. The van der Waals surface area contributed by atoms with Gasteiger partial charge in [0.25, 0.3) is 0 Å². The van der Waals surface area contributed by atoms with E-state index in [4.69, 9.17) is 21.3 Å². The predicted octanol–water partition coefficient (Wildman–Crippen LogP) is 3.10. The Morgan fingerprint density at radius 1 is 1.12 bits per heavy atom. The number of aromatic nitrogens is 4. The summed E-state index contributed by atoms with van der Waals surface area (Å²) in [6, 6.07) is 9.97. The van der Waals surface area contributed by atoms with Crippen molar-refractivity contribution in [2.75, 3.05) is 31.2 Å². The first-order chi connectivity index (χ1) is 12.1. The maximum atomic E-state index is 6.32. The van der Waals surface area contributed by atoms with Crippen LogP contribution in [0.4, 0.5) is 5.95 Å². The minimum Gasteiger partial charge on any atom is -0.378 e. The molecule has 0 bridgehead atoms. The smallest absolute Gasteiger partial charge is 0.227 e. The lowest BCUT2D eigenvalue weighted by molar-refractivity contribution is 0.122. The second kappa shape index (κ2) is 6.28. The molecule has 3 heterocycles. The Bertz CT molecular complexity index is 901. The first kappa shape index (κ1) is 16.3. The third-order valence-electron chi connectivity index (χ3n) is 4.61. The maximum Gasteiger partial charge on any atom is 0.227 e. The van der Waals surface area contributed by atoms with Crippen LogP contribution in [0.1, 0.15) is 19.5 Å². The Morgan fingerprint density at radius 2 is 1.88 bits per heavy atom. The van der Waals surface area contributed by atoms with Gasteiger partial charge >= 0.3 is 0 Å². The molecule has 0 N–H and O–H groups in total. The highest BCUT2D eigenvalue weighted by molar-refractivity contribution is 6.29. The molecule has 1 aliphatic heterocycles. The summed E-state index contributed by atoms with van der Waals surface area (Å²) in [6.45, 7) is 7.08. The van der Waals surface area contributed by atoms with Crippen LogP contribution in [0.2, 0.25) is 5.15 Å². The number of benzene rings is 1. The van der Waals surface area contributed by atoms with Gasteiger partial charge in [0, 0.05) is 18.5 Å². The van der Waals surface area contributed by atoms with E-state index in [-0.39, 0.29) is 0 Å². The molecular weight excluding hydrogens is 338 g/mol. The predicted molar refractivity (Wildman–Crippen MR) is 98.2 cm³/mol. The largest absolute Gasteiger partial charge is 0.378 e. The average Bonchev–Trinajstić information content (AvgIpc) is 3.07. The van der Waals surface area contributed by atoms with Gasteiger partial charge in [0.2, 0.25) is 5.95 Å². The Morgan fingerprint density at radius 3 is 2.68 bits per heavy atom. The second-order valence-electron chi connectivity index (χ2n) is 6.65. The van der Waals surface area contributed by atoms with Gasteiger partial charge in [-0.15, -0.1) is 0 Å². The molecular formula is C18H20ClN5O. The molecule has 130 valence electrons. The van der Waals surface area contributed by atoms with E-state index >= 15 is 0 Å². The number of rotatable bonds is 3. The summed E-state index contributed by atoms with van der Waals surface area (Å²) in [6.07, 6.45) is 1.88. The van der Waals surface area contributed by atoms with Gasteiger partial charge in [0.15, 0.2) is 0 Å². The molecule has 0 atom stereocenters. The molecule has 0 saturated carbocycles. The Balaban J connectivity index is 1.78. The third-order valence-corrected chi connectivity index (χ3v) is 4.80. The van der Waals surface area contributed by atoms with Crippen LogP contribution in [0, 0.1) is 0 Å². The highest BCUT2D eigenvalue weighted by atomic mass is 35.5. The van der Waals surface area contributed by atoms with Crippen molar-refractivity contribution in [3.63, 3.8) is 0 Å². The van der Waals surface area contributed by atoms with E-state index in [0.29, 0.717) is 24.3 Å². The number of nitrogens with zero attached hydrogens (tertiary/aromatic N) is 5. The summed E-state index contributed by atoms with van der Waals surface area (Å²) < 4.78 is 7.40. The fraction of sp³-hybridized carbons (Fsp3) is 0.389. The fourth-order valence-corrected chi connectivity index (χ4v) is 3.33. The van der Waals surface area contributed by atoms with Crippen molar-refractivity contribution in [2.24, 2.45) is 0 Å². The summed E-state index contributed by atoms with van der Waals surface area (Å²) in [7, 11) is 0. The van der Waals surface area contributed by atoms with Gasteiger partial charge in [-0.1, -0.05) is 29.8 Å². The zero-order valence-corrected chi connectivity index (χ0v) is 15.1. The third kappa shape index (κ3) is 2.96. The molecule has 0 amide bonds. The summed E-state index contributed by atoms with van der Waals surface area (Å²) in [5.74, 6) is 0.648. The molecule has 2 aromatic heterocycles. The van der Waals surface area contributed by atoms with Gasteiger partial charge in [0.05, 0.1) is 36.2 Å². The molecule has 1 saturated heterocycles. The molecule has 0 unspecified atom stereocenters. The number of morpholine rings is 1. The molecule has 0 radical (unpaired) electrons. The summed E-state index contributed by atoms with van der Waals surface area (Å²) in [4.78, 5) is 11.3. The van der Waals surface area contributed by atoms with E-state index < -0.39 is 5.54 Å². The fourth-order valence-electron chi connectivity index (χ4n) is 3.15. The topological polar surface area (TPSA) is 56.1 Å². The zero-order valence-electron chi connectivity index (χ0n) is 14.3. The van der Waals surface area contributed by atoms with E-state index in [9.17, 15) is 0 Å². The van der Waals surface area contributed by atoms with Crippen molar-refractivity contribution in [3.05, 3.63) is 47.4 Å². The van der Waals surface area contributed by atoms with Crippen molar-refractivity contribution in [3.8, 4) is 0 Å². The summed E-state index contributed by atoms with van der Waals surface area (Å²) in [5.41, 5.74) is 1.44. The van der Waals surface area contributed by atoms with E-state index in [2.05, 4.69) is 41.0 Å². The van der Waals surface area contributed by atoms with Crippen LogP contribution in [0.3, 0.4) is 0 Å². The molecule has 1 aromatic carbocycles. The normalized spacial score (nSPS) is 15.7. The number of fused-ring (bicyclic) bond motifs is 1. The minimum atomic E-state index is -0.462.